The number of amides is 1. The van der Waals surface area contributed by atoms with Crippen LogP contribution in [0.2, 0.25) is 0 Å². The molecule has 0 saturated heterocycles. The molecule has 0 aliphatic rings. The van der Waals surface area contributed by atoms with E-state index in [2.05, 4.69) is 5.32 Å². The van der Waals surface area contributed by atoms with Gasteiger partial charge in [0, 0.05) is 18.7 Å². The predicted octanol–water partition coefficient (Wildman–Crippen LogP) is 1.85. The summed E-state index contributed by atoms with van der Waals surface area (Å²) in [6, 6.07) is 4.13. The molecule has 0 bridgehead atoms. The van der Waals surface area contributed by atoms with Crippen molar-refractivity contribution >= 4 is 11.6 Å². The van der Waals surface area contributed by atoms with E-state index in [9.17, 15) is 14.9 Å². The minimum Gasteiger partial charge on any atom is -0.487 e. The van der Waals surface area contributed by atoms with Crippen LogP contribution >= 0.6 is 0 Å². The molecule has 116 valence electrons. The zero-order chi connectivity index (χ0) is 15.8. The van der Waals surface area contributed by atoms with Gasteiger partial charge in [-0.25, -0.2) is 0 Å². The van der Waals surface area contributed by atoms with Crippen molar-refractivity contribution in [3.8, 4) is 5.75 Å². The molecule has 0 aliphatic heterocycles. The van der Waals surface area contributed by atoms with E-state index >= 15 is 0 Å². The summed E-state index contributed by atoms with van der Waals surface area (Å²) in [6.45, 7) is 4.25. The van der Waals surface area contributed by atoms with Gasteiger partial charge in [0.05, 0.1) is 17.1 Å². The van der Waals surface area contributed by atoms with E-state index in [-0.39, 0.29) is 29.6 Å². The molecule has 1 aromatic rings. The summed E-state index contributed by atoms with van der Waals surface area (Å²) in [4.78, 5) is 22.8. The highest BCUT2D eigenvalue weighted by molar-refractivity contribution is 5.98. The lowest BCUT2D eigenvalue weighted by atomic mass is 10.1. The quantitative estimate of drug-likeness (QED) is 0.562. The molecule has 1 unspecified atom stereocenters. The fourth-order valence-corrected chi connectivity index (χ4v) is 2.00. The van der Waals surface area contributed by atoms with Crippen LogP contribution in [0.4, 0.5) is 5.69 Å². The Bertz CT molecular complexity index is 505. The Kier molecular flexibility index (Phi) is 6.61. The summed E-state index contributed by atoms with van der Waals surface area (Å²) in [6.07, 6.45) is 1.64. The van der Waals surface area contributed by atoms with Crippen LogP contribution in [-0.2, 0) is 0 Å². The summed E-state index contributed by atoms with van der Waals surface area (Å²) < 4.78 is 5.29. The molecule has 1 atom stereocenters. The smallest absolute Gasteiger partial charge is 0.311 e. The topological polar surface area (TPSA) is 107 Å². The molecular formula is C14H21N3O4. The van der Waals surface area contributed by atoms with Gasteiger partial charge >= 0.3 is 5.69 Å². The molecule has 1 rings (SSSR count). The fourth-order valence-electron chi connectivity index (χ4n) is 2.00. The van der Waals surface area contributed by atoms with E-state index in [4.69, 9.17) is 10.5 Å². The van der Waals surface area contributed by atoms with Crippen molar-refractivity contribution in [3.05, 3.63) is 33.9 Å². The van der Waals surface area contributed by atoms with Crippen LogP contribution in [0.1, 0.15) is 37.0 Å². The van der Waals surface area contributed by atoms with Gasteiger partial charge < -0.3 is 15.8 Å². The van der Waals surface area contributed by atoms with Crippen LogP contribution in [0.25, 0.3) is 0 Å². The number of hydrogen-bond acceptors (Lipinski definition) is 5. The van der Waals surface area contributed by atoms with E-state index in [1.54, 1.807) is 6.92 Å². The van der Waals surface area contributed by atoms with Gasteiger partial charge in [-0.3, -0.25) is 14.9 Å². The molecule has 0 aliphatic carbocycles. The molecule has 21 heavy (non-hydrogen) atoms. The zero-order valence-corrected chi connectivity index (χ0v) is 12.3. The first-order valence-electron chi connectivity index (χ1n) is 6.96. The van der Waals surface area contributed by atoms with Crippen molar-refractivity contribution in [1.82, 2.24) is 5.32 Å². The maximum Gasteiger partial charge on any atom is 0.311 e. The third-order valence-electron chi connectivity index (χ3n) is 2.98. The number of nitrogens with zero attached hydrogens (tertiary/aromatic N) is 1. The Morgan fingerprint density at radius 2 is 2.19 bits per heavy atom. The molecule has 0 aromatic heterocycles. The van der Waals surface area contributed by atoms with Crippen molar-refractivity contribution < 1.29 is 14.5 Å². The minimum absolute atomic E-state index is 0.00484. The number of nitro groups is 1. The normalized spacial score (nSPS) is 11.8. The van der Waals surface area contributed by atoms with Gasteiger partial charge in [0.1, 0.15) is 0 Å². The van der Waals surface area contributed by atoms with Crippen LogP contribution in [-0.4, -0.2) is 30.0 Å². The number of nitro benzene ring substituents is 1. The first-order valence-corrected chi connectivity index (χ1v) is 6.96. The Morgan fingerprint density at radius 3 is 2.71 bits per heavy atom. The Hall–Kier alpha value is -2.15. The van der Waals surface area contributed by atoms with Crippen molar-refractivity contribution in [2.45, 2.75) is 32.7 Å². The highest BCUT2D eigenvalue weighted by Gasteiger charge is 2.24. The first-order chi connectivity index (χ1) is 10.0. The van der Waals surface area contributed by atoms with Crippen LogP contribution < -0.4 is 15.8 Å². The molecule has 7 heteroatoms. The summed E-state index contributed by atoms with van der Waals surface area (Å²) in [5.41, 5.74) is 5.54. The van der Waals surface area contributed by atoms with E-state index in [1.807, 2.05) is 6.92 Å². The summed E-state index contributed by atoms with van der Waals surface area (Å²) >= 11 is 0. The number of carbonyl (C=O) groups excluding carboxylic acids is 1. The van der Waals surface area contributed by atoms with Gasteiger partial charge in [0.2, 0.25) is 5.75 Å². The highest BCUT2D eigenvalue weighted by atomic mass is 16.6. The van der Waals surface area contributed by atoms with Crippen LogP contribution in [0, 0.1) is 10.1 Å². The van der Waals surface area contributed by atoms with Crippen molar-refractivity contribution in [2.75, 3.05) is 13.2 Å². The Balaban J connectivity index is 3.08. The van der Waals surface area contributed by atoms with E-state index < -0.39 is 10.8 Å². The summed E-state index contributed by atoms with van der Waals surface area (Å²) in [7, 11) is 0. The zero-order valence-electron chi connectivity index (χ0n) is 12.3. The van der Waals surface area contributed by atoms with Crippen LogP contribution in [0.5, 0.6) is 5.75 Å². The molecule has 0 saturated carbocycles. The largest absolute Gasteiger partial charge is 0.487 e. The Labute approximate surface area is 123 Å². The fraction of sp³-hybridized carbons (Fsp3) is 0.500. The molecule has 0 radical (unpaired) electrons. The number of rotatable bonds is 8. The third-order valence-corrected chi connectivity index (χ3v) is 2.98. The maximum atomic E-state index is 12.3. The average molecular weight is 295 g/mol. The second kappa shape index (κ2) is 8.21. The number of nitrogens with two attached hydrogens (primary N) is 1. The number of hydrogen-bond donors (Lipinski definition) is 2. The molecule has 0 spiro atoms. The second-order valence-corrected chi connectivity index (χ2v) is 4.54. The van der Waals surface area contributed by atoms with Gasteiger partial charge in [-0.2, -0.15) is 0 Å². The number of carbonyl (C=O) groups is 1. The highest BCUT2D eigenvalue weighted by Crippen LogP contribution is 2.31. The van der Waals surface area contributed by atoms with Gasteiger partial charge in [-0.15, -0.1) is 0 Å². The maximum absolute atomic E-state index is 12.3. The van der Waals surface area contributed by atoms with Crippen LogP contribution in [0.3, 0.4) is 0 Å². The van der Waals surface area contributed by atoms with Gasteiger partial charge in [-0.05, 0) is 19.4 Å². The van der Waals surface area contributed by atoms with E-state index in [0.717, 1.165) is 12.8 Å². The van der Waals surface area contributed by atoms with Gasteiger partial charge in [0.15, 0.2) is 0 Å². The summed E-state index contributed by atoms with van der Waals surface area (Å²) in [5, 5.41) is 13.8. The molecule has 0 fully saturated rings. The Morgan fingerprint density at radius 1 is 1.48 bits per heavy atom. The predicted molar refractivity (Wildman–Crippen MR) is 79.5 cm³/mol. The molecular weight excluding hydrogens is 274 g/mol. The lowest BCUT2D eigenvalue weighted by Gasteiger charge is -2.17. The standard InChI is InChI=1S/C14H21N3O4/c1-3-6-10(9-15)16-14(18)11-7-5-8-12(17(19)20)13(11)21-4-2/h5,7-8,10H,3-4,6,9,15H2,1-2H3,(H,16,18). The second-order valence-electron chi connectivity index (χ2n) is 4.54. The molecule has 1 amide bonds. The van der Waals surface area contributed by atoms with Crippen LogP contribution in [0.15, 0.2) is 18.2 Å². The lowest BCUT2D eigenvalue weighted by molar-refractivity contribution is -0.385. The average Bonchev–Trinajstić information content (AvgIpc) is 2.46. The number of para-hydroxylation sites is 1. The van der Waals surface area contributed by atoms with Gasteiger partial charge in [0.25, 0.3) is 5.91 Å². The number of ether oxygens (including phenoxy) is 1. The molecule has 3 N–H and O–H groups in total. The third kappa shape index (κ3) is 4.42. The lowest BCUT2D eigenvalue weighted by Crippen LogP contribution is -2.40. The van der Waals surface area contributed by atoms with E-state index in [1.165, 1.54) is 18.2 Å². The van der Waals surface area contributed by atoms with E-state index in [0.29, 0.717) is 6.54 Å². The van der Waals surface area contributed by atoms with Crippen molar-refractivity contribution in [3.63, 3.8) is 0 Å². The number of benzene rings is 1. The molecule has 0 heterocycles. The number of nitrogens with one attached hydrogen (secondary N) is 1. The minimum atomic E-state index is -0.561. The summed E-state index contributed by atoms with van der Waals surface area (Å²) in [5.74, 6) is -0.416. The molecule has 1 aromatic carbocycles. The van der Waals surface area contributed by atoms with Crippen molar-refractivity contribution in [1.29, 1.82) is 0 Å². The monoisotopic (exact) mass is 295 g/mol. The SMILES string of the molecule is CCCC(CN)NC(=O)c1cccc([N+](=O)[O-])c1OCC. The molecule has 7 nitrogen and oxygen atoms in total. The van der Waals surface area contributed by atoms with Crippen molar-refractivity contribution in [2.24, 2.45) is 5.73 Å². The first kappa shape index (κ1) is 16.9. The van der Waals surface area contributed by atoms with Gasteiger partial charge in [-0.1, -0.05) is 19.4 Å².